The van der Waals surface area contributed by atoms with E-state index in [2.05, 4.69) is 15.9 Å². The summed E-state index contributed by atoms with van der Waals surface area (Å²) in [5, 5.41) is 0.969. The van der Waals surface area contributed by atoms with Crippen LogP contribution in [0, 0.1) is 17.6 Å². The molecular weight excluding hydrogens is 382 g/mol. The lowest BCUT2D eigenvalue weighted by molar-refractivity contribution is -0.272. The van der Waals surface area contributed by atoms with Gasteiger partial charge in [-0.25, -0.2) is 8.78 Å². The van der Waals surface area contributed by atoms with Gasteiger partial charge in [-0.3, -0.25) is 4.79 Å². The Morgan fingerprint density at radius 1 is 1.00 bits per heavy atom. The zero-order chi connectivity index (χ0) is 16.6. The Labute approximate surface area is 120 Å². The molecule has 1 rings (SSSR count). The number of rotatable bonds is 2. The summed E-state index contributed by atoms with van der Waals surface area (Å²) in [4.78, 5) is 11.1. The van der Waals surface area contributed by atoms with Crippen molar-refractivity contribution in [3.63, 3.8) is 0 Å². The maximum absolute atomic E-state index is 13.3. The van der Waals surface area contributed by atoms with Gasteiger partial charge in [0.15, 0.2) is 11.6 Å². The SMILES string of the molecule is O=C(Nc1c(F)cc(Br)cc1F)C(C(F)(F)F)C(F)(F)F. The summed E-state index contributed by atoms with van der Waals surface area (Å²) in [6.07, 6.45) is -11.9. The first-order chi connectivity index (χ1) is 9.34. The van der Waals surface area contributed by atoms with Crippen LogP contribution in [0.4, 0.5) is 40.8 Å². The van der Waals surface area contributed by atoms with Crippen molar-refractivity contribution in [2.75, 3.05) is 5.32 Å². The fourth-order valence-electron chi connectivity index (χ4n) is 1.34. The third kappa shape index (κ3) is 4.29. The second-order valence-electron chi connectivity index (χ2n) is 3.75. The smallest absolute Gasteiger partial charge is 0.320 e. The molecule has 2 nitrogen and oxygen atoms in total. The second-order valence-corrected chi connectivity index (χ2v) is 4.67. The molecule has 1 N–H and O–H groups in total. The minimum atomic E-state index is -5.95. The summed E-state index contributed by atoms with van der Waals surface area (Å²) in [7, 11) is 0. The van der Waals surface area contributed by atoms with E-state index >= 15 is 0 Å². The van der Waals surface area contributed by atoms with Crippen molar-refractivity contribution in [2.45, 2.75) is 12.4 Å². The molecule has 0 heterocycles. The Morgan fingerprint density at radius 3 is 1.71 bits per heavy atom. The quantitative estimate of drug-likeness (QED) is 0.750. The van der Waals surface area contributed by atoms with Crippen LogP contribution >= 0.6 is 15.9 Å². The number of alkyl halides is 6. The average molecular weight is 386 g/mol. The van der Waals surface area contributed by atoms with Crippen LogP contribution < -0.4 is 5.32 Å². The van der Waals surface area contributed by atoms with Crippen LogP contribution in [0.3, 0.4) is 0 Å². The second kappa shape index (κ2) is 5.78. The third-order valence-corrected chi connectivity index (χ3v) is 2.63. The van der Waals surface area contributed by atoms with E-state index in [1.165, 1.54) is 0 Å². The van der Waals surface area contributed by atoms with Crippen LogP contribution in [-0.4, -0.2) is 18.3 Å². The molecule has 1 aromatic rings. The van der Waals surface area contributed by atoms with Crippen molar-refractivity contribution in [3.05, 3.63) is 28.2 Å². The van der Waals surface area contributed by atoms with Gasteiger partial charge in [-0.1, -0.05) is 15.9 Å². The monoisotopic (exact) mass is 385 g/mol. The van der Waals surface area contributed by atoms with E-state index in [-0.39, 0.29) is 4.47 Å². The van der Waals surface area contributed by atoms with Crippen molar-refractivity contribution in [3.8, 4) is 0 Å². The fraction of sp³-hybridized carbons (Fsp3) is 0.300. The highest BCUT2D eigenvalue weighted by Gasteiger charge is 2.61. The van der Waals surface area contributed by atoms with Gasteiger partial charge in [0.2, 0.25) is 11.8 Å². The molecule has 1 amide bonds. The van der Waals surface area contributed by atoms with Crippen molar-refractivity contribution < 1.29 is 39.9 Å². The molecule has 0 fully saturated rings. The lowest BCUT2D eigenvalue weighted by Crippen LogP contribution is -2.45. The summed E-state index contributed by atoms with van der Waals surface area (Å²) < 4.78 is 100.0. The lowest BCUT2D eigenvalue weighted by Gasteiger charge is -2.22. The highest BCUT2D eigenvalue weighted by Crippen LogP contribution is 2.40. The van der Waals surface area contributed by atoms with Crippen molar-refractivity contribution in [2.24, 2.45) is 5.92 Å². The molecule has 0 saturated carbocycles. The molecule has 0 bridgehead atoms. The number of halogens is 9. The topological polar surface area (TPSA) is 29.1 Å². The van der Waals surface area contributed by atoms with Gasteiger partial charge in [0.25, 0.3) is 0 Å². The number of amides is 1. The maximum Gasteiger partial charge on any atom is 0.409 e. The number of carbonyl (C=O) groups is 1. The molecule has 118 valence electrons. The van der Waals surface area contributed by atoms with Gasteiger partial charge in [0.1, 0.15) is 5.69 Å². The molecule has 0 unspecified atom stereocenters. The fourth-order valence-corrected chi connectivity index (χ4v) is 1.74. The number of nitrogens with one attached hydrogen (secondary N) is 1. The first-order valence-electron chi connectivity index (χ1n) is 4.93. The summed E-state index contributed by atoms with van der Waals surface area (Å²) >= 11 is 2.65. The molecule has 0 aliphatic heterocycles. The molecule has 0 atom stereocenters. The predicted octanol–water partition coefficient (Wildman–Crippen LogP) is 4.41. The molecule has 0 spiro atoms. The molecule has 11 heteroatoms. The van der Waals surface area contributed by atoms with Crippen LogP contribution in [0.15, 0.2) is 16.6 Å². The van der Waals surface area contributed by atoms with Gasteiger partial charge in [-0.05, 0) is 12.1 Å². The van der Waals surface area contributed by atoms with E-state index in [1.54, 1.807) is 0 Å². The van der Waals surface area contributed by atoms with E-state index in [9.17, 15) is 39.9 Å². The van der Waals surface area contributed by atoms with Gasteiger partial charge < -0.3 is 5.32 Å². The van der Waals surface area contributed by atoms with Gasteiger partial charge in [0.05, 0.1) is 0 Å². The standard InChI is InChI=1S/C10H4BrF8NO/c11-3-1-4(12)6(5(13)2-3)20-8(21)7(9(14,15)16)10(17,18)19/h1-2,7H,(H,20,21). The van der Waals surface area contributed by atoms with Crippen LogP contribution in [0.1, 0.15) is 0 Å². The van der Waals surface area contributed by atoms with Gasteiger partial charge in [-0.15, -0.1) is 0 Å². The van der Waals surface area contributed by atoms with Gasteiger partial charge in [-0.2, -0.15) is 26.3 Å². The summed E-state index contributed by atoms with van der Waals surface area (Å²) in [5.74, 6) is -10.1. The Balaban J connectivity index is 3.15. The Morgan fingerprint density at radius 2 is 1.38 bits per heavy atom. The largest absolute Gasteiger partial charge is 0.409 e. The third-order valence-electron chi connectivity index (χ3n) is 2.17. The van der Waals surface area contributed by atoms with Crippen LogP contribution in [-0.2, 0) is 4.79 Å². The Hall–Kier alpha value is -1.39. The van der Waals surface area contributed by atoms with Gasteiger partial charge >= 0.3 is 12.4 Å². The summed E-state index contributed by atoms with van der Waals surface area (Å²) in [6, 6.07) is 1.13. The number of hydrogen-bond acceptors (Lipinski definition) is 1. The highest BCUT2D eigenvalue weighted by molar-refractivity contribution is 9.10. The Kier molecular flexibility index (Phi) is 4.86. The Bertz CT molecular complexity index is 516. The first kappa shape index (κ1) is 17.7. The lowest BCUT2D eigenvalue weighted by atomic mass is 10.1. The van der Waals surface area contributed by atoms with E-state index in [0.717, 1.165) is 5.32 Å². The molecule has 0 saturated heterocycles. The van der Waals surface area contributed by atoms with Crippen molar-refractivity contribution in [1.82, 2.24) is 0 Å². The van der Waals surface area contributed by atoms with E-state index in [4.69, 9.17) is 0 Å². The number of hydrogen-bond donors (Lipinski definition) is 1. The normalized spacial score (nSPS) is 12.7. The zero-order valence-corrected chi connectivity index (χ0v) is 11.1. The van der Waals surface area contributed by atoms with Gasteiger partial charge in [0, 0.05) is 4.47 Å². The molecule has 0 aromatic heterocycles. The first-order valence-corrected chi connectivity index (χ1v) is 5.72. The molecule has 1 aromatic carbocycles. The zero-order valence-electron chi connectivity index (χ0n) is 9.54. The van der Waals surface area contributed by atoms with E-state index in [1.807, 2.05) is 0 Å². The molecule has 0 aliphatic rings. The van der Waals surface area contributed by atoms with Crippen molar-refractivity contribution >= 4 is 27.5 Å². The summed E-state index contributed by atoms with van der Waals surface area (Å²) in [5.41, 5.74) is -1.40. The van der Waals surface area contributed by atoms with E-state index in [0.29, 0.717) is 12.1 Å². The minimum absolute atomic E-state index is 0.154. The number of carbonyl (C=O) groups excluding carboxylic acids is 1. The van der Waals surface area contributed by atoms with Crippen LogP contribution in [0.2, 0.25) is 0 Å². The van der Waals surface area contributed by atoms with Crippen LogP contribution in [0.25, 0.3) is 0 Å². The average Bonchev–Trinajstić information content (AvgIpc) is 2.18. The number of anilines is 1. The molecule has 21 heavy (non-hydrogen) atoms. The summed E-state index contributed by atoms with van der Waals surface area (Å²) in [6.45, 7) is 0. The number of benzene rings is 1. The molecule has 0 radical (unpaired) electrons. The predicted molar refractivity (Wildman–Crippen MR) is 58.3 cm³/mol. The van der Waals surface area contributed by atoms with Crippen molar-refractivity contribution in [1.29, 1.82) is 0 Å². The van der Waals surface area contributed by atoms with E-state index < -0.39 is 41.5 Å². The molecule has 0 aliphatic carbocycles. The molecular formula is C10H4BrF8NO. The van der Waals surface area contributed by atoms with Crippen LogP contribution in [0.5, 0.6) is 0 Å². The maximum atomic E-state index is 13.3. The highest BCUT2D eigenvalue weighted by atomic mass is 79.9. The minimum Gasteiger partial charge on any atom is -0.320 e.